The third kappa shape index (κ3) is 6.43. The second kappa shape index (κ2) is 11.5. The van der Waals surface area contributed by atoms with E-state index in [1.54, 1.807) is 6.08 Å². The van der Waals surface area contributed by atoms with Gasteiger partial charge in [0.05, 0.1) is 22.3 Å². The Morgan fingerprint density at radius 2 is 2.04 bits per heavy atom. The lowest BCUT2D eigenvalue weighted by atomic mass is 9.99. The van der Waals surface area contributed by atoms with E-state index in [0.717, 1.165) is 34.1 Å². The molecular formula is C19H27IO4. The molecule has 1 aromatic carbocycles. The van der Waals surface area contributed by atoms with Gasteiger partial charge in [-0.1, -0.05) is 27.2 Å². The lowest BCUT2D eigenvalue weighted by Crippen LogP contribution is -2.09. The molecule has 5 heteroatoms. The molecule has 1 rings (SSSR count). The van der Waals surface area contributed by atoms with Crippen molar-refractivity contribution in [3.05, 3.63) is 32.9 Å². The minimum absolute atomic E-state index is 0.143. The molecule has 0 amide bonds. The van der Waals surface area contributed by atoms with Crippen LogP contribution in [0.2, 0.25) is 0 Å². The van der Waals surface area contributed by atoms with Crippen LogP contribution in [0.5, 0.6) is 11.5 Å². The van der Waals surface area contributed by atoms with Crippen molar-refractivity contribution in [3.8, 4) is 11.5 Å². The van der Waals surface area contributed by atoms with Crippen molar-refractivity contribution in [1.82, 2.24) is 0 Å². The summed E-state index contributed by atoms with van der Waals surface area (Å²) in [6.45, 7) is 7.20. The smallest absolute Gasteiger partial charge is 0.142 e. The van der Waals surface area contributed by atoms with Crippen LogP contribution in [0.1, 0.15) is 44.7 Å². The Morgan fingerprint density at radius 1 is 1.29 bits per heavy atom. The molecule has 0 aliphatic heterocycles. The highest BCUT2D eigenvalue weighted by molar-refractivity contribution is 14.1. The lowest BCUT2D eigenvalue weighted by Gasteiger charge is -2.20. The van der Waals surface area contributed by atoms with Gasteiger partial charge < -0.3 is 14.6 Å². The number of rotatable bonds is 11. The summed E-state index contributed by atoms with van der Waals surface area (Å²) in [7, 11) is 0. The SMILES string of the molecule is CCCCOc1c(CC(C)C)cc(I)c(OC/C=C/C=O)c1CO. The maximum absolute atomic E-state index is 10.4. The molecule has 1 N–H and O–H groups in total. The van der Waals surface area contributed by atoms with Gasteiger partial charge in [0.25, 0.3) is 0 Å². The van der Waals surface area contributed by atoms with Gasteiger partial charge >= 0.3 is 0 Å². The Labute approximate surface area is 158 Å². The third-order valence-corrected chi connectivity index (χ3v) is 4.23. The van der Waals surface area contributed by atoms with Gasteiger partial charge in [-0.2, -0.15) is 0 Å². The maximum Gasteiger partial charge on any atom is 0.142 e. The molecule has 0 saturated heterocycles. The average molecular weight is 446 g/mol. The number of ether oxygens (including phenoxy) is 2. The summed E-state index contributed by atoms with van der Waals surface area (Å²) in [5, 5.41) is 9.90. The first-order valence-corrected chi connectivity index (χ1v) is 9.43. The maximum atomic E-state index is 10.4. The molecule has 134 valence electrons. The fourth-order valence-corrected chi connectivity index (χ4v) is 3.21. The topological polar surface area (TPSA) is 55.8 Å². The van der Waals surface area contributed by atoms with Gasteiger partial charge in [-0.3, -0.25) is 4.79 Å². The van der Waals surface area contributed by atoms with E-state index in [-0.39, 0.29) is 13.2 Å². The first kappa shape index (κ1) is 21.0. The highest BCUT2D eigenvalue weighted by atomic mass is 127. The van der Waals surface area contributed by atoms with Gasteiger partial charge in [0.2, 0.25) is 0 Å². The van der Waals surface area contributed by atoms with Crippen LogP contribution in [0.3, 0.4) is 0 Å². The lowest BCUT2D eigenvalue weighted by molar-refractivity contribution is -0.104. The van der Waals surface area contributed by atoms with Crippen LogP contribution in [0, 0.1) is 9.49 Å². The number of hydrogen-bond donors (Lipinski definition) is 1. The number of carbonyl (C=O) groups is 1. The minimum atomic E-state index is -0.143. The van der Waals surface area contributed by atoms with Crippen molar-refractivity contribution in [2.75, 3.05) is 13.2 Å². The first-order valence-electron chi connectivity index (χ1n) is 8.36. The van der Waals surface area contributed by atoms with Gasteiger partial charge in [0, 0.05) is 0 Å². The molecule has 1 aromatic rings. The van der Waals surface area contributed by atoms with Crippen LogP contribution in [0.4, 0.5) is 0 Å². The van der Waals surface area contributed by atoms with Gasteiger partial charge in [-0.15, -0.1) is 0 Å². The Balaban J connectivity index is 3.20. The van der Waals surface area contributed by atoms with Crippen LogP contribution in [-0.4, -0.2) is 24.6 Å². The van der Waals surface area contributed by atoms with Crippen LogP contribution >= 0.6 is 22.6 Å². The van der Waals surface area contributed by atoms with E-state index in [4.69, 9.17) is 9.47 Å². The number of halogens is 1. The van der Waals surface area contributed by atoms with Crippen molar-refractivity contribution in [1.29, 1.82) is 0 Å². The molecule has 0 atom stereocenters. The van der Waals surface area contributed by atoms with Crippen LogP contribution in [0.15, 0.2) is 18.2 Å². The predicted molar refractivity (Wildman–Crippen MR) is 105 cm³/mol. The van der Waals surface area contributed by atoms with Gasteiger partial charge in [-0.25, -0.2) is 0 Å². The van der Waals surface area contributed by atoms with Gasteiger partial charge in [-0.05, 0) is 65.1 Å². The normalized spacial score (nSPS) is 11.2. The zero-order chi connectivity index (χ0) is 17.9. The Bertz CT molecular complexity index is 553. The summed E-state index contributed by atoms with van der Waals surface area (Å²) in [6.07, 6.45) is 6.66. The molecular weight excluding hydrogens is 419 g/mol. The fourth-order valence-electron chi connectivity index (χ4n) is 2.36. The number of hydrogen-bond acceptors (Lipinski definition) is 4. The van der Waals surface area contributed by atoms with Crippen molar-refractivity contribution in [3.63, 3.8) is 0 Å². The number of benzene rings is 1. The number of unbranched alkanes of at least 4 members (excludes halogenated alkanes) is 1. The monoisotopic (exact) mass is 446 g/mol. The molecule has 24 heavy (non-hydrogen) atoms. The van der Waals surface area contributed by atoms with E-state index in [1.165, 1.54) is 6.08 Å². The van der Waals surface area contributed by atoms with E-state index in [9.17, 15) is 9.90 Å². The van der Waals surface area contributed by atoms with E-state index >= 15 is 0 Å². The Morgan fingerprint density at radius 3 is 2.62 bits per heavy atom. The largest absolute Gasteiger partial charge is 0.493 e. The van der Waals surface area contributed by atoms with Crippen molar-refractivity contribution in [2.45, 2.75) is 46.6 Å². The highest BCUT2D eigenvalue weighted by Gasteiger charge is 2.19. The van der Waals surface area contributed by atoms with Crippen molar-refractivity contribution >= 4 is 28.9 Å². The number of allylic oxidation sites excluding steroid dienone is 1. The second-order valence-electron chi connectivity index (χ2n) is 5.99. The molecule has 0 saturated carbocycles. The zero-order valence-electron chi connectivity index (χ0n) is 14.7. The second-order valence-corrected chi connectivity index (χ2v) is 7.15. The number of aliphatic hydroxyl groups excluding tert-OH is 1. The standard InChI is InChI=1S/C19H27IO4/c1-4-5-9-23-18-15(11-14(2)3)12-17(20)19(16(18)13-22)24-10-7-6-8-21/h6-8,12,14,22H,4-5,9-11,13H2,1-3H3/b7-6+. The molecule has 0 aliphatic carbocycles. The van der Waals surface area contributed by atoms with Gasteiger partial charge in [0.1, 0.15) is 24.4 Å². The summed E-state index contributed by atoms with van der Waals surface area (Å²) >= 11 is 2.22. The van der Waals surface area contributed by atoms with E-state index in [1.807, 2.05) is 0 Å². The molecule has 0 fully saturated rings. The Hall–Kier alpha value is -1.08. The molecule has 0 heterocycles. The molecule has 0 aliphatic rings. The summed E-state index contributed by atoms with van der Waals surface area (Å²) in [6, 6.07) is 2.07. The third-order valence-electron chi connectivity index (χ3n) is 3.43. The highest BCUT2D eigenvalue weighted by Crippen LogP contribution is 2.38. The first-order chi connectivity index (χ1) is 11.5. The van der Waals surface area contributed by atoms with Crippen LogP contribution in [-0.2, 0) is 17.8 Å². The fraction of sp³-hybridized carbons (Fsp3) is 0.526. The molecule has 0 unspecified atom stereocenters. The molecule has 0 aromatic heterocycles. The minimum Gasteiger partial charge on any atom is -0.493 e. The van der Waals surface area contributed by atoms with Crippen molar-refractivity contribution < 1.29 is 19.4 Å². The summed E-state index contributed by atoms with van der Waals surface area (Å²) in [5.41, 5.74) is 1.79. The van der Waals surface area contributed by atoms with E-state index in [2.05, 4.69) is 49.4 Å². The molecule has 0 spiro atoms. The summed E-state index contributed by atoms with van der Waals surface area (Å²) in [5.74, 6) is 1.87. The van der Waals surface area contributed by atoms with E-state index in [0.29, 0.717) is 30.1 Å². The Kier molecular flexibility index (Phi) is 10.0. The number of aldehydes is 1. The van der Waals surface area contributed by atoms with Crippen LogP contribution in [0.25, 0.3) is 0 Å². The van der Waals surface area contributed by atoms with E-state index < -0.39 is 0 Å². The van der Waals surface area contributed by atoms with Crippen LogP contribution < -0.4 is 9.47 Å². The zero-order valence-corrected chi connectivity index (χ0v) is 16.8. The van der Waals surface area contributed by atoms with Crippen molar-refractivity contribution in [2.24, 2.45) is 5.92 Å². The number of carbonyl (C=O) groups excluding carboxylic acids is 1. The summed E-state index contributed by atoms with van der Waals surface area (Å²) in [4.78, 5) is 10.4. The molecule has 0 bridgehead atoms. The number of aliphatic hydroxyl groups is 1. The average Bonchev–Trinajstić information content (AvgIpc) is 2.54. The predicted octanol–water partition coefficient (Wildman–Crippen LogP) is 4.29. The summed E-state index contributed by atoms with van der Waals surface area (Å²) < 4.78 is 12.7. The molecule has 0 radical (unpaired) electrons. The van der Waals surface area contributed by atoms with Gasteiger partial charge in [0.15, 0.2) is 0 Å². The molecule has 4 nitrogen and oxygen atoms in total. The quantitative estimate of drug-likeness (QED) is 0.239.